The van der Waals surface area contributed by atoms with Crippen molar-refractivity contribution in [2.24, 2.45) is 0 Å². The van der Waals surface area contributed by atoms with Crippen molar-refractivity contribution in [2.75, 3.05) is 11.9 Å². The second-order valence-electron chi connectivity index (χ2n) is 6.64. The summed E-state index contributed by atoms with van der Waals surface area (Å²) >= 11 is 0. The van der Waals surface area contributed by atoms with Gasteiger partial charge in [-0.15, -0.1) is 13.2 Å². The lowest BCUT2D eigenvalue weighted by Gasteiger charge is -2.18. The van der Waals surface area contributed by atoms with Crippen LogP contribution in [0.5, 0.6) is 5.75 Å². The minimum Gasteiger partial charge on any atom is -0.467 e. The number of alkyl halides is 3. The van der Waals surface area contributed by atoms with Crippen LogP contribution in [0.25, 0.3) is 0 Å². The molecule has 0 unspecified atom stereocenters. The van der Waals surface area contributed by atoms with Gasteiger partial charge in [0.2, 0.25) is 0 Å². The van der Waals surface area contributed by atoms with Gasteiger partial charge in [-0.25, -0.2) is 0 Å². The molecule has 0 saturated carbocycles. The molecule has 2 N–H and O–H groups in total. The number of rotatable bonds is 6. The number of carbonyl (C=O) groups excluding carboxylic acids is 2. The predicted octanol–water partition coefficient (Wildman–Crippen LogP) is 3.34. The van der Waals surface area contributed by atoms with Gasteiger partial charge in [0, 0.05) is 17.9 Å². The summed E-state index contributed by atoms with van der Waals surface area (Å²) in [4.78, 5) is 24.4. The molecule has 31 heavy (non-hydrogen) atoms. The van der Waals surface area contributed by atoms with Gasteiger partial charge in [-0.2, -0.15) is 5.10 Å². The van der Waals surface area contributed by atoms with Crippen LogP contribution in [0.2, 0.25) is 0 Å². The van der Waals surface area contributed by atoms with E-state index in [0.29, 0.717) is 5.76 Å². The Morgan fingerprint density at radius 1 is 1.16 bits per heavy atom. The predicted molar refractivity (Wildman–Crippen MR) is 103 cm³/mol. The third kappa shape index (κ3) is 5.87. The second-order valence-corrected chi connectivity index (χ2v) is 6.64. The van der Waals surface area contributed by atoms with Crippen molar-refractivity contribution in [3.05, 3.63) is 65.9 Å². The zero-order valence-corrected chi connectivity index (χ0v) is 16.6. The largest absolute Gasteiger partial charge is 0.573 e. The first-order chi connectivity index (χ1) is 14.6. The molecular weight excluding hydrogens is 417 g/mol. The molecule has 0 radical (unpaired) electrons. The molecule has 2 aromatic heterocycles. The Hall–Kier alpha value is -3.76. The molecule has 1 atom stereocenters. The number of furan rings is 1. The molecule has 0 aliphatic carbocycles. The molecule has 1 aromatic carbocycles. The number of anilines is 1. The van der Waals surface area contributed by atoms with Gasteiger partial charge in [0.1, 0.15) is 17.6 Å². The highest BCUT2D eigenvalue weighted by Crippen LogP contribution is 2.24. The molecule has 11 heteroatoms. The van der Waals surface area contributed by atoms with Gasteiger partial charge in [0.25, 0.3) is 0 Å². The van der Waals surface area contributed by atoms with E-state index < -0.39 is 30.0 Å². The van der Waals surface area contributed by atoms with Crippen LogP contribution in [-0.2, 0) is 9.59 Å². The Balaban J connectivity index is 1.62. The molecule has 0 bridgehead atoms. The average molecular weight is 436 g/mol. The molecule has 8 nitrogen and oxygen atoms in total. The molecule has 0 aliphatic heterocycles. The van der Waals surface area contributed by atoms with E-state index in [9.17, 15) is 22.8 Å². The maximum absolute atomic E-state index is 12.2. The van der Waals surface area contributed by atoms with E-state index in [-0.39, 0.29) is 12.2 Å². The summed E-state index contributed by atoms with van der Waals surface area (Å²) < 4.78 is 47.5. The average Bonchev–Trinajstić information content (AvgIpc) is 3.32. The van der Waals surface area contributed by atoms with Gasteiger partial charge < -0.3 is 19.8 Å². The third-order valence-corrected chi connectivity index (χ3v) is 4.22. The van der Waals surface area contributed by atoms with Crippen LogP contribution < -0.4 is 15.4 Å². The quantitative estimate of drug-likeness (QED) is 0.578. The lowest BCUT2D eigenvalue weighted by Crippen LogP contribution is -2.39. The number of amides is 2. The maximum atomic E-state index is 12.2. The fourth-order valence-corrected chi connectivity index (χ4v) is 2.95. The van der Waals surface area contributed by atoms with Gasteiger partial charge in [0.05, 0.1) is 12.0 Å². The summed E-state index contributed by atoms with van der Waals surface area (Å²) in [5.41, 5.74) is 1.77. The van der Waals surface area contributed by atoms with Crippen molar-refractivity contribution in [3.63, 3.8) is 0 Å². The van der Waals surface area contributed by atoms with Gasteiger partial charge >= 0.3 is 18.2 Å². The number of aryl methyl sites for hydroxylation is 2. The van der Waals surface area contributed by atoms with Crippen LogP contribution in [-0.4, -0.2) is 34.5 Å². The maximum Gasteiger partial charge on any atom is 0.573 e. The van der Waals surface area contributed by atoms with E-state index in [1.165, 1.54) is 18.4 Å². The second kappa shape index (κ2) is 8.94. The SMILES string of the molecule is Cc1cc(C)n([C@@H](CNC(=O)C(=O)Nc2ccc(OC(F)(F)F)cc2)c2ccco2)n1. The Kier molecular flexibility index (Phi) is 6.33. The van der Waals surface area contributed by atoms with Crippen molar-refractivity contribution >= 4 is 17.5 Å². The van der Waals surface area contributed by atoms with E-state index in [1.807, 2.05) is 19.9 Å². The topological polar surface area (TPSA) is 98.4 Å². The molecule has 0 aliphatic rings. The number of benzene rings is 1. The number of hydrogen-bond acceptors (Lipinski definition) is 5. The van der Waals surface area contributed by atoms with E-state index in [0.717, 1.165) is 23.5 Å². The summed E-state index contributed by atoms with van der Waals surface area (Å²) in [5, 5.41) is 9.24. The lowest BCUT2D eigenvalue weighted by molar-refractivity contribution is -0.274. The van der Waals surface area contributed by atoms with Gasteiger partial charge in [-0.3, -0.25) is 14.3 Å². The molecule has 0 fully saturated rings. The standard InChI is InChI=1S/C20H19F3N4O4/c1-12-10-13(2)27(26-12)16(17-4-3-9-30-17)11-24-18(28)19(29)25-14-5-7-15(8-6-14)31-20(21,22)23/h3-10,16H,11H2,1-2H3,(H,24,28)(H,25,29)/t16-/m0/s1. The van der Waals surface area contributed by atoms with E-state index in [1.54, 1.807) is 16.8 Å². The molecule has 0 saturated heterocycles. The Morgan fingerprint density at radius 3 is 2.42 bits per heavy atom. The highest BCUT2D eigenvalue weighted by Gasteiger charge is 2.31. The normalized spacial score (nSPS) is 12.3. The minimum atomic E-state index is -4.82. The molecule has 3 rings (SSSR count). The summed E-state index contributed by atoms with van der Waals surface area (Å²) in [7, 11) is 0. The van der Waals surface area contributed by atoms with Gasteiger partial charge in [0.15, 0.2) is 0 Å². The number of hydrogen-bond donors (Lipinski definition) is 2. The van der Waals surface area contributed by atoms with E-state index in [4.69, 9.17) is 4.42 Å². The molecule has 164 valence electrons. The van der Waals surface area contributed by atoms with Crippen molar-refractivity contribution in [1.29, 1.82) is 0 Å². The van der Waals surface area contributed by atoms with Crippen molar-refractivity contribution in [3.8, 4) is 5.75 Å². The van der Waals surface area contributed by atoms with Crippen molar-refractivity contribution in [2.45, 2.75) is 26.3 Å². The lowest BCUT2D eigenvalue weighted by atomic mass is 10.2. The molecular formula is C20H19F3N4O4. The van der Waals surface area contributed by atoms with Crippen LogP contribution in [0.1, 0.15) is 23.2 Å². The number of halogens is 3. The third-order valence-electron chi connectivity index (χ3n) is 4.22. The van der Waals surface area contributed by atoms with E-state index >= 15 is 0 Å². The van der Waals surface area contributed by atoms with Crippen molar-refractivity contribution in [1.82, 2.24) is 15.1 Å². The Morgan fingerprint density at radius 2 is 1.87 bits per heavy atom. The zero-order valence-electron chi connectivity index (χ0n) is 16.6. The van der Waals surface area contributed by atoms with Crippen LogP contribution in [0.3, 0.4) is 0 Å². The molecule has 2 amide bonds. The van der Waals surface area contributed by atoms with Crippen LogP contribution >= 0.6 is 0 Å². The molecule has 0 spiro atoms. The Bertz CT molecular complexity index is 1040. The van der Waals surface area contributed by atoms with Gasteiger partial charge in [-0.05, 0) is 56.3 Å². The molecule has 2 heterocycles. The van der Waals surface area contributed by atoms with Gasteiger partial charge in [-0.1, -0.05) is 0 Å². The summed E-state index contributed by atoms with van der Waals surface area (Å²) in [6.45, 7) is 3.72. The highest BCUT2D eigenvalue weighted by molar-refractivity contribution is 6.39. The van der Waals surface area contributed by atoms with Crippen LogP contribution in [0.4, 0.5) is 18.9 Å². The van der Waals surface area contributed by atoms with Crippen LogP contribution in [0.15, 0.2) is 53.1 Å². The van der Waals surface area contributed by atoms with Crippen molar-refractivity contribution < 1.29 is 31.9 Å². The number of ether oxygens (including phenoxy) is 1. The van der Waals surface area contributed by atoms with E-state index in [2.05, 4.69) is 20.5 Å². The summed E-state index contributed by atoms with van der Waals surface area (Å²) in [5.74, 6) is -1.79. The summed E-state index contributed by atoms with van der Waals surface area (Å²) in [6, 6.07) is 9.26. The number of aromatic nitrogens is 2. The summed E-state index contributed by atoms with van der Waals surface area (Å²) in [6.07, 6.45) is -3.32. The highest BCUT2D eigenvalue weighted by atomic mass is 19.4. The number of nitrogens with zero attached hydrogens (tertiary/aromatic N) is 2. The number of nitrogens with one attached hydrogen (secondary N) is 2. The fourth-order valence-electron chi connectivity index (χ4n) is 2.95. The molecule has 3 aromatic rings. The first-order valence-corrected chi connectivity index (χ1v) is 9.13. The first kappa shape index (κ1) is 21.9. The minimum absolute atomic E-state index is 0.0279. The fraction of sp³-hybridized carbons (Fsp3) is 0.250. The van der Waals surface area contributed by atoms with Crippen LogP contribution in [0, 0.1) is 13.8 Å². The monoisotopic (exact) mass is 436 g/mol. The first-order valence-electron chi connectivity index (χ1n) is 9.13. The zero-order chi connectivity index (χ0) is 22.6. The Labute approximate surface area is 175 Å². The smallest absolute Gasteiger partial charge is 0.467 e. The number of carbonyl (C=O) groups is 2.